The average molecular weight is 216 g/mol. The average Bonchev–Trinajstić information content (AvgIpc) is 2.20. The molecule has 0 aliphatic heterocycles. The first kappa shape index (κ1) is 11.4. The summed E-state index contributed by atoms with van der Waals surface area (Å²) in [5.41, 5.74) is 0.865. The van der Waals surface area contributed by atoms with Crippen LogP contribution in [0, 0.1) is 0 Å². The van der Waals surface area contributed by atoms with Crippen LogP contribution in [0.1, 0.15) is 12.6 Å². The largest absolute Gasteiger partial charge is 0.395 e. The highest BCUT2D eigenvalue weighted by atomic mass is 35.5. The van der Waals surface area contributed by atoms with Crippen molar-refractivity contribution in [3.05, 3.63) is 23.0 Å². The Balaban J connectivity index is 2.53. The van der Waals surface area contributed by atoms with Crippen molar-refractivity contribution in [2.24, 2.45) is 0 Å². The molecule has 4 nitrogen and oxygen atoms in total. The van der Waals surface area contributed by atoms with Gasteiger partial charge in [-0.15, -0.1) is 5.10 Å². The van der Waals surface area contributed by atoms with Crippen LogP contribution in [0.15, 0.2) is 12.1 Å². The maximum atomic E-state index is 8.79. The third kappa shape index (κ3) is 3.57. The molecule has 0 bridgehead atoms. The molecule has 0 fully saturated rings. The summed E-state index contributed by atoms with van der Waals surface area (Å²) in [5, 5.41) is 16.9. The van der Waals surface area contributed by atoms with Crippen molar-refractivity contribution in [3.63, 3.8) is 0 Å². The second-order valence-electron chi connectivity index (χ2n) is 2.94. The van der Waals surface area contributed by atoms with Crippen LogP contribution in [0.5, 0.6) is 0 Å². The van der Waals surface area contributed by atoms with Gasteiger partial charge in [0.2, 0.25) is 0 Å². The van der Waals surface area contributed by atoms with Gasteiger partial charge >= 0.3 is 0 Å². The lowest BCUT2D eigenvalue weighted by atomic mass is 10.3. The molecule has 0 aromatic carbocycles. The Morgan fingerprint density at radius 2 is 2.21 bits per heavy atom. The third-order valence-electron chi connectivity index (χ3n) is 1.94. The Bertz CT molecular complexity index is 265. The summed E-state index contributed by atoms with van der Waals surface area (Å²) in [4.78, 5) is 2.08. The fourth-order valence-corrected chi connectivity index (χ4v) is 1.25. The van der Waals surface area contributed by atoms with Gasteiger partial charge in [0.05, 0.1) is 12.3 Å². The van der Waals surface area contributed by atoms with Gasteiger partial charge in [-0.05, 0) is 18.7 Å². The zero-order valence-electron chi connectivity index (χ0n) is 8.15. The summed E-state index contributed by atoms with van der Waals surface area (Å²) in [6.45, 7) is 4.43. The molecule has 1 rings (SSSR count). The molecule has 1 aromatic heterocycles. The summed E-state index contributed by atoms with van der Waals surface area (Å²) in [7, 11) is 0. The molecule has 0 amide bonds. The van der Waals surface area contributed by atoms with E-state index in [4.69, 9.17) is 16.7 Å². The second-order valence-corrected chi connectivity index (χ2v) is 3.33. The van der Waals surface area contributed by atoms with Crippen LogP contribution >= 0.6 is 11.6 Å². The zero-order chi connectivity index (χ0) is 10.4. The van der Waals surface area contributed by atoms with Gasteiger partial charge in [0, 0.05) is 13.1 Å². The molecule has 1 N–H and O–H groups in total. The molecular weight excluding hydrogens is 202 g/mol. The van der Waals surface area contributed by atoms with E-state index in [1.807, 2.05) is 13.0 Å². The van der Waals surface area contributed by atoms with E-state index in [0.717, 1.165) is 12.2 Å². The number of nitrogens with zero attached hydrogens (tertiary/aromatic N) is 3. The Morgan fingerprint density at radius 3 is 2.71 bits per heavy atom. The standard InChI is InChI=1S/C9H14ClN3O/c1-2-13(5-6-14)7-8-3-4-9(10)12-11-8/h3-4,14H,2,5-7H2,1H3. The maximum Gasteiger partial charge on any atom is 0.151 e. The number of halogens is 1. The van der Waals surface area contributed by atoms with Gasteiger partial charge in [-0.3, -0.25) is 4.90 Å². The highest BCUT2D eigenvalue weighted by Gasteiger charge is 2.03. The molecule has 0 aliphatic rings. The molecule has 78 valence electrons. The van der Waals surface area contributed by atoms with Crippen molar-refractivity contribution in [1.29, 1.82) is 0 Å². The van der Waals surface area contributed by atoms with Crippen LogP contribution < -0.4 is 0 Å². The summed E-state index contributed by atoms with van der Waals surface area (Å²) in [6.07, 6.45) is 0. The normalized spacial score (nSPS) is 10.9. The Morgan fingerprint density at radius 1 is 1.43 bits per heavy atom. The minimum atomic E-state index is 0.162. The van der Waals surface area contributed by atoms with Crippen LogP contribution in [0.3, 0.4) is 0 Å². The molecule has 0 saturated heterocycles. The number of hydrogen-bond donors (Lipinski definition) is 1. The molecule has 0 aliphatic carbocycles. The first-order chi connectivity index (χ1) is 6.76. The highest BCUT2D eigenvalue weighted by molar-refractivity contribution is 6.29. The van der Waals surface area contributed by atoms with Crippen molar-refractivity contribution in [2.75, 3.05) is 19.7 Å². The highest BCUT2D eigenvalue weighted by Crippen LogP contribution is 2.04. The summed E-state index contributed by atoms with van der Waals surface area (Å²) < 4.78 is 0. The molecule has 0 saturated carbocycles. The SMILES string of the molecule is CCN(CCO)Cc1ccc(Cl)nn1. The van der Waals surface area contributed by atoms with Gasteiger partial charge in [0.15, 0.2) is 5.15 Å². The topological polar surface area (TPSA) is 49.2 Å². The van der Waals surface area contributed by atoms with E-state index >= 15 is 0 Å². The van der Waals surface area contributed by atoms with E-state index in [-0.39, 0.29) is 6.61 Å². The molecule has 14 heavy (non-hydrogen) atoms. The predicted octanol–water partition coefficient (Wildman–Crippen LogP) is 0.944. The van der Waals surface area contributed by atoms with Crippen LogP contribution in [0.25, 0.3) is 0 Å². The monoisotopic (exact) mass is 215 g/mol. The molecule has 5 heteroatoms. The summed E-state index contributed by atoms with van der Waals surface area (Å²) in [5.74, 6) is 0. The summed E-state index contributed by atoms with van der Waals surface area (Å²) >= 11 is 5.62. The van der Waals surface area contributed by atoms with Gasteiger partial charge < -0.3 is 5.11 Å². The smallest absolute Gasteiger partial charge is 0.151 e. The van der Waals surface area contributed by atoms with Crippen LogP contribution in [0.4, 0.5) is 0 Å². The lowest BCUT2D eigenvalue weighted by Gasteiger charge is -2.17. The summed E-state index contributed by atoms with van der Waals surface area (Å²) in [6, 6.07) is 3.56. The Hall–Kier alpha value is -0.710. The van der Waals surface area contributed by atoms with E-state index in [1.165, 1.54) is 0 Å². The van der Waals surface area contributed by atoms with Crippen LogP contribution in [-0.4, -0.2) is 39.9 Å². The Labute approximate surface area is 88.5 Å². The number of likely N-dealkylation sites (N-methyl/N-ethyl adjacent to an activating group) is 1. The number of aliphatic hydroxyl groups is 1. The maximum absolute atomic E-state index is 8.79. The van der Waals surface area contributed by atoms with E-state index in [9.17, 15) is 0 Å². The molecule has 0 spiro atoms. The Kier molecular flexibility index (Phi) is 4.79. The van der Waals surface area contributed by atoms with E-state index in [0.29, 0.717) is 18.2 Å². The number of rotatable bonds is 5. The number of hydrogen-bond acceptors (Lipinski definition) is 4. The molecule has 0 unspecified atom stereocenters. The second kappa shape index (κ2) is 5.90. The van der Waals surface area contributed by atoms with Crippen molar-refractivity contribution < 1.29 is 5.11 Å². The quantitative estimate of drug-likeness (QED) is 0.795. The predicted molar refractivity (Wildman–Crippen MR) is 55.1 cm³/mol. The van der Waals surface area contributed by atoms with Gasteiger partial charge in [0.1, 0.15) is 0 Å². The molecule has 1 heterocycles. The molecular formula is C9H14ClN3O. The van der Waals surface area contributed by atoms with E-state index in [1.54, 1.807) is 6.07 Å². The van der Waals surface area contributed by atoms with Crippen LogP contribution in [0.2, 0.25) is 5.15 Å². The van der Waals surface area contributed by atoms with Gasteiger partial charge in [-0.1, -0.05) is 18.5 Å². The van der Waals surface area contributed by atoms with E-state index < -0.39 is 0 Å². The van der Waals surface area contributed by atoms with Crippen LogP contribution in [-0.2, 0) is 6.54 Å². The fraction of sp³-hybridized carbons (Fsp3) is 0.556. The molecule has 1 aromatic rings. The van der Waals surface area contributed by atoms with E-state index in [2.05, 4.69) is 15.1 Å². The first-order valence-electron chi connectivity index (χ1n) is 4.57. The lowest BCUT2D eigenvalue weighted by Crippen LogP contribution is -2.26. The molecule has 0 radical (unpaired) electrons. The van der Waals surface area contributed by atoms with Crippen molar-refractivity contribution >= 4 is 11.6 Å². The first-order valence-corrected chi connectivity index (χ1v) is 4.95. The lowest BCUT2D eigenvalue weighted by molar-refractivity contribution is 0.195. The van der Waals surface area contributed by atoms with Gasteiger partial charge in [-0.25, -0.2) is 0 Å². The fourth-order valence-electron chi connectivity index (χ4n) is 1.15. The minimum absolute atomic E-state index is 0.162. The van der Waals surface area contributed by atoms with Gasteiger partial charge in [-0.2, -0.15) is 5.10 Å². The van der Waals surface area contributed by atoms with Crippen molar-refractivity contribution in [2.45, 2.75) is 13.5 Å². The van der Waals surface area contributed by atoms with Gasteiger partial charge in [0.25, 0.3) is 0 Å². The van der Waals surface area contributed by atoms with Crippen molar-refractivity contribution in [1.82, 2.24) is 15.1 Å². The van der Waals surface area contributed by atoms with Crippen molar-refractivity contribution in [3.8, 4) is 0 Å². The number of aromatic nitrogens is 2. The third-order valence-corrected chi connectivity index (χ3v) is 2.14. The zero-order valence-corrected chi connectivity index (χ0v) is 8.91. The number of aliphatic hydroxyl groups excluding tert-OH is 1. The minimum Gasteiger partial charge on any atom is -0.395 e. The molecule has 0 atom stereocenters.